The van der Waals surface area contributed by atoms with Gasteiger partial charge in [0.2, 0.25) is 17.4 Å². The van der Waals surface area contributed by atoms with Gasteiger partial charge in [-0.2, -0.15) is 0 Å². The van der Waals surface area contributed by atoms with Gasteiger partial charge in [-0.1, -0.05) is 18.2 Å². The van der Waals surface area contributed by atoms with Gasteiger partial charge in [0.15, 0.2) is 0 Å². The van der Waals surface area contributed by atoms with Crippen molar-refractivity contribution in [2.24, 2.45) is 5.73 Å². The van der Waals surface area contributed by atoms with Gasteiger partial charge in [0.25, 0.3) is 0 Å². The number of fused-ring (bicyclic) bond motifs is 1. The van der Waals surface area contributed by atoms with Crippen molar-refractivity contribution in [2.45, 2.75) is 18.9 Å². The van der Waals surface area contributed by atoms with Gasteiger partial charge in [0, 0.05) is 41.2 Å². The van der Waals surface area contributed by atoms with E-state index in [1.165, 1.54) is 18.2 Å². The third-order valence-corrected chi connectivity index (χ3v) is 6.32. The summed E-state index contributed by atoms with van der Waals surface area (Å²) in [5, 5.41) is 2.94. The number of nitrogens with one attached hydrogen (secondary N) is 3. The first-order chi connectivity index (χ1) is 18.8. The minimum absolute atomic E-state index is 0.0324. The van der Waals surface area contributed by atoms with E-state index < -0.39 is 29.5 Å². The fourth-order valence-electron chi connectivity index (χ4n) is 4.60. The number of benzene rings is 2. The predicted octanol–water partition coefficient (Wildman–Crippen LogP) is 3.94. The van der Waals surface area contributed by atoms with Crippen LogP contribution >= 0.6 is 0 Å². The molecule has 1 atom stereocenters. The highest BCUT2D eigenvalue weighted by atomic mass is 19.1. The van der Waals surface area contributed by atoms with Crippen molar-refractivity contribution in [3.63, 3.8) is 0 Å². The van der Waals surface area contributed by atoms with E-state index >= 15 is 0 Å². The fourth-order valence-corrected chi connectivity index (χ4v) is 4.60. The highest BCUT2D eigenvalue weighted by Crippen LogP contribution is 2.30. The second kappa shape index (κ2) is 10.7. The normalized spacial score (nSPS) is 11.8. The molecule has 2 amide bonds. The van der Waals surface area contributed by atoms with Crippen molar-refractivity contribution in [3.05, 3.63) is 123 Å². The van der Waals surface area contributed by atoms with Crippen LogP contribution in [0.15, 0.2) is 83.9 Å². The van der Waals surface area contributed by atoms with Crippen LogP contribution in [0.1, 0.15) is 33.2 Å². The summed E-state index contributed by atoms with van der Waals surface area (Å²) in [4.78, 5) is 47.1. The van der Waals surface area contributed by atoms with Crippen LogP contribution in [0.25, 0.3) is 22.2 Å². The Bertz CT molecular complexity index is 1740. The number of pyridine rings is 2. The van der Waals surface area contributed by atoms with E-state index in [-0.39, 0.29) is 18.4 Å². The first-order valence-electron chi connectivity index (χ1n) is 12.1. The Labute approximate surface area is 220 Å². The highest BCUT2D eigenvalue weighted by molar-refractivity contribution is 5.94. The van der Waals surface area contributed by atoms with Gasteiger partial charge >= 0.3 is 0 Å². The predicted molar refractivity (Wildman–Crippen MR) is 142 cm³/mol. The van der Waals surface area contributed by atoms with E-state index in [9.17, 15) is 23.2 Å². The molecule has 196 valence electrons. The molecule has 5 N–H and O–H groups in total. The summed E-state index contributed by atoms with van der Waals surface area (Å²) in [6.45, 7) is 0. The maximum Gasteiger partial charge on any atom is 0.248 e. The number of H-pyrrole nitrogens is 2. The molecule has 0 aliphatic heterocycles. The number of amides is 2. The van der Waals surface area contributed by atoms with Crippen LogP contribution in [0.2, 0.25) is 0 Å². The molecule has 0 saturated carbocycles. The average Bonchev–Trinajstić information content (AvgIpc) is 3.29. The molecule has 5 aromatic rings. The number of hydrogen-bond donors (Lipinski definition) is 4. The molecule has 5 rings (SSSR count). The molecule has 0 fully saturated rings. The van der Waals surface area contributed by atoms with Gasteiger partial charge in [-0.05, 0) is 53.9 Å². The summed E-state index contributed by atoms with van der Waals surface area (Å²) < 4.78 is 28.0. The minimum Gasteiger partial charge on any atom is -0.366 e. The maximum absolute atomic E-state index is 14.0. The lowest BCUT2D eigenvalue weighted by atomic mass is 9.94. The Kier molecular flexibility index (Phi) is 7.00. The van der Waals surface area contributed by atoms with E-state index in [4.69, 9.17) is 5.73 Å². The van der Waals surface area contributed by atoms with Crippen LogP contribution in [0.5, 0.6) is 0 Å². The molecule has 8 nitrogen and oxygen atoms in total. The van der Waals surface area contributed by atoms with Crippen molar-refractivity contribution < 1.29 is 18.4 Å². The maximum atomic E-state index is 14.0. The van der Waals surface area contributed by atoms with Gasteiger partial charge in [-0.15, -0.1) is 0 Å². The van der Waals surface area contributed by atoms with Crippen molar-refractivity contribution in [3.8, 4) is 11.1 Å². The average molecular weight is 528 g/mol. The van der Waals surface area contributed by atoms with Gasteiger partial charge in [0.1, 0.15) is 11.6 Å². The Morgan fingerprint density at radius 3 is 2.56 bits per heavy atom. The molecule has 0 aliphatic carbocycles. The quantitative estimate of drug-likeness (QED) is 0.243. The largest absolute Gasteiger partial charge is 0.366 e. The molecule has 39 heavy (non-hydrogen) atoms. The van der Waals surface area contributed by atoms with E-state index in [0.29, 0.717) is 44.5 Å². The topological polar surface area (TPSA) is 134 Å². The van der Waals surface area contributed by atoms with Crippen LogP contribution in [0.4, 0.5) is 8.78 Å². The summed E-state index contributed by atoms with van der Waals surface area (Å²) >= 11 is 0. The van der Waals surface area contributed by atoms with Crippen LogP contribution in [-0.4, -0.2) is 26.8 Å². The molecule has 0 unspecified atom stereocenters. The lowest BCUT2D eigenvalue weighted by Gasteiger charge is -2.22. The number of aromatic nitrogens is 3. The third kappa shape index (κ3) is 5.74. The summed E-state index contributed by atoms with van der Waals surface area (Å²) in [6.07, 6.45) is 3.14. The number of halogens is 2. The van der Waals surface area contributed by atoms with E-state index in [1.54, 1.807) is 54.9 Å². The van der Waals surface area contributed by atoms with Crippen molar-refractivity contribution in [1.82, 2.24) is 20.3 Å². The van der Waals surface area contributed by atoms with Gasteiger partial charge in [-0.3, -0.25) is 19.4 Å². The lowest BCUT2D eigenvalue weighted by molar-refractivity contribution is -0.121. The molecule has 0 radical (unpaired) electrons. The zero-order valence-corrected chi connectivity index (χ0v) is 20.5. The summed E-state index contributed by atoms with van der Waals surface area (Å²) in [6, 6.07) is 15.5. The molecule has 0 spiro atoms. The number of rotatable bonds is 8. The number of aromatic amines is 2. The first-order valence-corrected chi connectivity index (χ1v) is 12.1. The number of nitrogens with two attached hydrogens (primary N) is 1. The van der Waals surface area contributed by atoms with Crippen molar-refractivity contribution in [2.75, 3.05) is 0 Å². The van der Waals surface area contributed by atoms with Crippen LogP contribution in [-0.2, 0) is 17.6 Å². The van der Waals surface area contributed by atoms with E-state index in [1.807, 2.05) is 0 Å². The number of nitrogens with zero attached hydrogens (tertiary/aromatic N) is 1. The van der Waals surface area contributed by atoms with Crippen LogP contribution in [0.3, 0.4) is 0 Å². The van der Waals surface area contributed by atoms with E-state index in [2.05, 4.69) is 20.3 Å². The second-order valence-corrected chi connectivity index (χ2v) is 9.09. The molecule has 0 bridgehead atoms. The Balaban J connectivity index is 1.52. The monoisotopic (exact) mass is 527 g/mol. The van der Waals surface area contributed by atoms with Gasteiger partial charge in [0.05, 0.1) is 29.2 Å². The van der Waals surface area contributed by atoms with E-state index in [0.717, 1.165) is 6.07 Å². The summed E-state index contributed by atoms with van der Waals surface area (Å²) in [5.41, 5.74) is 9.21. The standard InChI is InChI=1S/C29H23F2N5O3/c30-20-9-16(10-21(31)14-20)11-24(35-26(38)13-19-15-34-23-6-7-25(37)36-27(19)23)28-22(5-2-8-33-28)17-3-1-4-18(12-17)29(32)39/h1-10,12,14-15,24,34H,11,13H2,(H2,32,39)(H,35,38)(H,36,37)/t24-/m0/s1. The zero-order chi connectivity index (χ0) is 27.5. The molecule has 2 aromatic carbocycles. The Morgan fingerprint density at radius 2 is 1.79 bits per heavy atom. The fraction of sp³-hybridized carbons (Fsp3) is 0.103. The minimum atomic E-state index is -0.795. The highest BCUT2D eigenvalue weighted by Gasteiger charge is 2.22. The summed E-state index contributed by atoms with van der Waals surface area (Å²) in [5.74, 6) is -2.48. The number of hydrogen-bond acceptors (Lipinski definition) is 4. The van der Waals surface area contributed by atoms with Crippen molar-refractivity contribution >= 4 is 22.8 Å². The van der Waals surface area contributed by atoms with Crippen LogP contribution in [0, 0.1) is 11.6 Å². The number of carbonyl (C=O) groups is 2. The molecule has 0 aliphatic rings. The first kappa shape index (κ1) is 25.5. The number of primary amides is 1. The Morgan fingerprint density at radius 1 is 1.00 bits per heavy atom. The molecular formula is C29H23F2N5O3. The smallest absolute Gasteiger partial charge is 0.248 e. The molecule has 3 aromatic heterocycles. The van der Waals surface area contributed by atoms with Crippen LogP contribution < -0.4 is 16.6 Å². The lowest BCUT2D eigenvalue weighted by Crippen LogP contribution is -2.32. The van der Waals surface area contributed by atoms with Gasteiger partial charge in [-0.25, -0.2) is 8.78 Å². The second-order valence-electron chi connectivity index (χ2n) is 9.09. The summed E-state index contributed by atoms with van der Waals surface area (Å²) in [7, 11) is 0. The van der Waals surface area contributed by atoms with Gasteiger partial charge < -0.3 is 21.0 Å². The SMILES string of the molecule is NC(=O)c1cccc(-c2cccnc2[C@H](Cc2cc(F)cc(F)c2)NC(=O)Cc2c[nH]c3ccc(=O)[nH]c23)c1. The van der Waals surface area contributed by atoms with Crippen molar-refractivity contribution in [1.29, 1.82) is 0 Å². The molecule has 3 heterocycles. The number of carbonyl (C=O) groups excluding carboxylic acids is 2. The third-order valence-electron chi connectivity index (χ3n) is 6.32. The molecule has 0 saturated heterocycles. The zero-order valence-electron chi connectivity index (χ0n) is 20.5. The Hall–Kier alpha value is -5.12. The molecular weight excluding hydrogens is 504 g/mol. The molecule has 10 heteroatoms.